The van der Waals surface area contributed by atoms with Gasteiger partial charge in [0, 0.05) is 10.6 Å². The molecule has 1 aliphatic carbocycles. The molecule has 1 saturated heterocycles. The van der Waals surface area contributed by atoms with Crippen LogP contribution >= 0.6 is 23.2 Å². The standard InChI is InChI=1S/C25H22Cl2N2O4/c1-14-7-9-16(10-8-14)22(30)15(2)28(25(33)20-12-11-17(26)13-21(20)27)29-23(31)18-5-3-4-6-19(18)24(29)32/h3-4,7-13,15,18-19H,5-6H2,1-2H3/t15-,18-,19+/m1/s1. The van der Waals surface area contributed by atoms with E-state index in [0.717, 1.165) is 15.6 Å². The fourth-order valence-electron chi connectivity index (χ4n) is 4.29. The van der Waals surface area contributed by atoms with Gasteiger partial charge in [0.2, 0.25) is 0 Å². The highest BCUT2D eigenvalue weighted by Gasteiger charge is 2.52. The minimum absolute atomic E-state index is 0.0400. The number of hydrogen-bond donors (Lipinski definition) is 0. The van der Waals surface area contributed by atoms with Gasteiger partial charge in [-0.3, -0.25) is 19.2 Å². The highest BCUT2D eigenvalue weighted by atomic mass is 35.5. The Bertz CT molecular complexity index is 1150. The van der Waals surface area contributed by atoms with Gasteiger partial charge in [-0.05, 0) is 44.9 Å². The molecule has 2 aromatic rings. The molecule has 3 atom stereocenters. The lowest BCUT2D eigenvalue weighted by Crippen LogP contribution is -2.56. The molecule has 0 radical (unpaired) electrons. The van der Waals surface area contributed by atoms with Gasteiger partial charge in [0.05, 0.1) is 22.4 Å². The number of allylic oxidation sites excluding steroid dienone is 2. The van der Waals surface area contributed by atoms with Crippen molar-refractivity contribution in [1.29, 1.82) is 0 Å². The molecule has 0 unspecified atom stereocenters. The third kappa shape index (κ3) is 4.21. The molecule has 1 fully saturated rings. The van der Waals surface area contributed by atoms with Gasteiger partial charge in [-0.25, -0.2) is 5.01 Å². The molecule has 170 valence electrons. The Morgan fingerprint density at radius 1 is 0.970 bits per heavy atom. The maximum atomic E-state index is 13.7. The number of halogens is 2. The van der Waals surface area contributed by atoms with E-state index in [2.05, 4.69) is 0 Å². The summed E-state index contributed by atoms with van der Waals surface area (Å²) in [5.74, 6) is -3.21. The highest BCUT2D eigenvalue weighted by Crippen LogP contribution is 2.37. The number of rotatable bonds is 5. The predicted molar refractivity (Wildman–Crippen MR) is 125 cm³/mol. The predicted octanol–water partition coefficient (Wildman–Crippen LogP) is 4.88. The summed E-state index contributed by atoms with van der Waals surface area (Å²) in [6, 6.07) is 10.1. The minimum atomic E-state index is -1.13. The van der Waals surface area contributed by atoms with Crippen LogP contribution in [0.2, 0.25) is 10.0 Å². The zero-order chi connectivity index (χ0) is 23.9. The van der Waals surface area contributed by atoms with E-state index in [0.29, 0.717) is 23.4 Å². The van der Waals surface area contributed by atoms with E-state index < -0.39 is 41.4 Å². The van der Waals surface area contributed by atoms with Gasteiger partial charge in [0.1, 0.15) is 6.04 Å². The summed E-state index contributed by atoms with van der Waals surface area (Å²) in [4.78, 5) is 53.6. The van der Waals surface area contributed by atoms with E-state index in [1.165, 1.54) is 25.1 Å². The third-order valence-corrected chi connectivity index (χ3v) is 6.70. The molecular formula is C25H22Cl2N2O4. The molecular weight excluding hydrogens is 463 g/mol. The van der Waals surface area contributed by atoms with Crippen molar-refractivity contribution in [3.05, 3.63) is 81.4 Å². The number of hydrazine groups is 1. The number of Topliss-reactive ketones (excluding diaryl/α,β-unsaturated/α-hetero) is 1. The first kappa shape index (κ1) is 23.2. The van der Waals surface area contributed by atoms with Crippen molar-refractivity contribution in [2.24, 2.45) is 11.8 Å². The summed E-state index contributed by atoms with van der Waals surface area (Å²) in [6.07, 6.45) is 4.55. The number of nitrogens with zero attached hydrogens (tertiary/aromatic N) is 2. The Labute approximate surface area is 201 Å². The monoisotopic (exact) mass is 484 g/mol. The average molecular weight is 485 g/mol. The van der Waals surface area contributed by atoms with Crippen molar-refractivity contribution in [2.45, 2.75) is 32.7 Å². The lowest BCUT2D eigenvalue weighted by Gasteiger charge is -2.35. The molecule has 0 N–H and O–H groups in total. The number of carbonyl (C=O) groups is 4. The highest BCUT2D eigenvalue weighted by molar-refractivity contribution is 6.36. The summed E-state index contributed by atoms with van der Waals surface area (Å²) in [5.41, 5.74) is 1.38. The number of imide groups is 1. The topological polar surface area (TPSA) is 74.8 Å². The van der Waals surface area contributed by atoms with Gasteiger partial charge < -0.3 is 0 Å². The van der Waals surface area contributed by atoms with Gasteiger partial charge in [-0.1, -0.05) is 65.2 Å². The van der Waals surface area contributed by atoms with Crippen LogP contribution in [0.3, 0.4) is 0 Å². The molecule has 2 aliphatic rings. The number of carbonyl (C=O) groups excluding carboxylic acids is 4. The largest absolute Gasteiger partial charge is 0.292 e. The van der Waals surface area contributed by atoms with Crippen molar-refractivity contribution in [3.8, 4) is 0 Å². The van der Waals surface area contributed by atoms with Crippen LogP contribution in [0, 0.1) is 18.8 Å². The second-order valence-electron chi connectivity index (χ2n) is 8.32. The Kier molecular flexibility index (Phi) is 6.41. The van der Waals surface area contributed by atoms with Crippen LogP contribution in [0.4, 0.5) is 0 Å². The van der Waals surface area contributed by atoms with Crippen molar-refractivity contribution in [1.82, 2.24) is 10.0 Å². The van der Waals surface area contributed by atoms with E-state index in [9.17, 15) is 19.2 Å². The third-order valence-electron chi connectivity index (χ3n) is 6.15. The Balaban J connectivity index is 1.77. The van der Waals surface area contributed by atoms with Crippen LogP contribution in [-0.4, -0.2) is 39.6 Å². The van der Waals surface area contributed by atoms with Gasteiger partial charge in [0.25, 0.3) is 17.7 Å². The Morgan fingerprint density at radius 3 is 2.09 bits per heavy atom. The molecule has 4 rings (SSSR count). The smallest absolute Gasteiger partial charge is 0.275 e. The maximum absolute atomic E-state index is 13.7. The van der Waals surface area contributed by atoms with E-state index in [-0.39, 0.29) is 10.6 Å². The maximum Gasteiger partial charge on any atom is 0.275 e. The SMILES string of the molecule is Cc1ccc(C(=O)[C@@H](C)N(C(=O)c2ccc(Cl)cc2Cl)N2C(=O)[C@H]3CC=CC[C@H]3C2=O)cc1. The molecule has 1 heterocycles. The molecule has 3 amide bonds. The normalized spacial score (nSPS) is 20.5. The van der Waals surface area contributed by atoms with Crippen molar-refractivity contribution in [3.63, 3.8) is 0 Å². The molecule has 6 nitrogen and oxygen atoms in total. The van der Waals surface area contributed by atoms with E-state index in [4.69, 9.17) is 23.2 Å². The number of fused-ring (bicyclic) bond motifs is 1. The van der Waals surface area contributed by atoms with Crippen molar-refractivity contribution >= 4 is 46.7 Å². The molecule has 0 aromatic heterocycles. The molecule has 1 aliphatic heterocycles. The molecule has 33 heavy (non-hydrogen) atoms. The van der Waals surface area contributed by atoms with E-state index >= 15 is 0 Å². The molecule has 2 aromatic carbocycles. The molecule has 0 saturated carbocycles. The Hall–Kier alpha value is -2.96. The second kappa shape index (κ2) is 9.12. The fourth-order valence-corrected chi connectivity index (χ4v) is 4.78. The average Bonchev–Trinajstić information content (AvgIpc) is 3.04. The summed E-state index contributed by atoms with van der Waals surface area (Å²) < 4.78 is 0. The summed E-state index contributed by atoms with van der Waals surface area (Å²) in [7, 11) is 0. The van der Waals surface area contributed by atoms with E-state index in [1.54, 1.807) is 24.3 Å². The summed E-state index contributed by atoms with van der Waals surface area (Å²) >= 11 is 12.2. The first-order valence-corrected chi connectivity index (χ1v) is 11.4. The van der Waals surface area contributed by atoms with Crippen LogP contribution in [0.1, 0.15) is 46.0 Å². The lowest BCUT2D eigenvalue weighted by atomic mass is 9.85. The van der Waals surface area contributed by atoms with Gasteiger partial charge in [-0.2, -0.15) is 5.01 Å². The summed E-state index contributed by atoms with van der Waals surface area (Å²) in [6.45, 7) is 3.40. The second-order valence-corrected chi connectivity index (χ2v) is 9.17. The van der Waals surface area contributed by atoms with Crippen molar-refractivity contribution in [2.75, 3.05) is 0 Å². The first-order valence-electron chi connectivity index (χ1n) is 10.6. The molecule has 0 spiro atoms. The minimum Gasteiger partial charge on any atom is -0.292 e. The van der Waals surface area contributed by atoms with Crippen LogP contribution in [-0.2, 0) is 9.59 Å². The van der Waals surface area contributed by atoms with Crippen LogP contribution < -0.4 is 0 Å². The lowest BCUT2D eigenvalue weighted by molar-refractivity contribution is -0.156. The van der Waals surface area contributed by atoms with Gasteiger partial charge >= 0.3 is 0 Å². The van der Waals surface area contributed by atoms with Gasteiger partial charge in [0.15, 0.2) is 5.78 Å². The zero-order valence-corrected chi connectivity index (χ0v) is 19.6. The zero-order valence-electron chi connectivity index (χ0n) is 18.1. The molecule has 0 bridgehead atoms. The quantitative estimate of drug-likeness (QED) is 0.344. The van der Waals surface area contributed by atoms with Crippen LogP contribution in [0.25, 0.3) is 0 Å². The van der Waals surface area contributed by atoms with E-state index in [1.807, 2.05) is 19.1 Å². The molecule has 8 heteroatoms. The number of hydrogen-bond acceptors (Lipinski definition) is 4. The number of benzene rings is 2. The van der Waals surface area contributed by atoms with Crippen molar-refractivity contribution < 1.29 is 19.2 Å². The number of amides is 3. The van der Waals surface area contributed by atoms with Crippen LogP contribution in [0.5, 0.6) is 0 Å². The summed E-state index contributed by atoms with van der Waals surface area (Å²) in [5, 5.41) is 2.20. The Morgan fingerprint density at radius 2 is 1.55 bits per heavy atom. The first-order chi connectivity index (χ1) is 15.7. The van der Waals surface area contributed by atoms with Crippen LogP contribution in [0.15, 0.2) is 54.6 Å². The van der Waals surface area contributed by atoms with Gasteiger partial charge in [-0.15, -0.1) is 0 Å². The number of ketones is 1. The fraction of sp³-hybridized carbons (Fsp3) is 0.280. The number of aryl methyl sites for hydroxylation is 1.